The minimum absolute atomic E-state index is 0.0273. The van der Waals surface area contributed by atoms with Crippen molar-refractivity contribution in [3.8, 4) is 11.5 Å². The molecule has 0 aliphatic rings. The van der Waals surface area contributed by atoms with Gasteiger partial charge in [-0.25, -0.2) is 0 Å². The van der Waals surface area contributed by atoms with Crippen LogP contribution < -0.4 is 9.47 Å². The molecule has 0 spiro atoms. The van der Waals surface area contributed by atoms with E-state index < -0.39 is 0 Å². The van der Waals surface area contributed by atoms with Gasteiger partial charge in [0.2, 0.25) is 0 Å². The number of hydrogen-bond donors (Lipinski definition) is 0. The minimum atomic E-state index is 0.0273. The van der Waals surface area contributed by atoms with Crippen LogP contribution in [-0.2, 0) is 0 Å². The van der Waals surface area contributed by atoms with Crippen LogP contribution in [-0.4, -0.2) is 19.0 Å². The molecular formula is C12H14Br2O3. The molecule has 0 saturated heterocycles. The van der Waals surface area contributed by atoms with Crippen molar-refractivity contribution in [3.63, 3.8) is 0 Å². The fourth-order valence-electron chi connectivity index (χ4n) is 1.30. The maximum atomic E-state index is 10.9. The molecule has 0 heterocycles. The molecule has 17 heavy (non-hydrogen) atoms. The Kier molecular flexibility index (Phi) is 5.46. The summed E-state index contributed by atoms with van der Waals surface area (Å²) in [5.41, 5.74) is 0.524. The van der Waals surface area contributed by atoms with E-state index >= 15 is 0 Å². The van der Waals surface area contributed by atoms with Gasteiger partial charge >= 0.3 is 0 Å². The van der Waals surface area contributed by atoms with E-state index in [1.807, 2.05) is 20.8 Å². The van der Waals surface area contributed by atoms with Gasteiger partial charge in [-0.3, -0.25) is 4.79 Å². The highest BCUT2D eigenvalue weighted by Crippen LogP contribution is 2.42. The van der Waals surface area contributed by atoms with Crippen LogP contribution in [0.5, 0.6) is 11.5 Å². The first kappa shape index (κ1) is 14.5. The van der Waals surface area contributed by atoms with Gasteiger partial charge in [0.15, 0.2) is 17.8 Å². The molecule has 0 radical (unpaired) electrons. The summed E-state index contributed by atoms with van der Waals surface area (Å²) in [6.45, 7) is 6.27. The van der Waals surface area contributed by atoms with E-state index in [1.54, 1.807) is 6.07 Å². The lowest BCUT2D eigenvalue weighted by Gasteiger charge is -2.17. The van der Waals surface area contributed by atoms with E-state index in [0.717, 1.165) is 6.29 Å². The van der Waals surface area contributed by atoms with Crippen LogP contribution in [0.2, 0.25) is 0 Å². The van der Waals surface area contributed by atoms with Gasteiger partial charge in [0.05, 0.1) is 17.2 Å². The van der Waals surface area contributed by atoms with Gasteiger partial charge in [-0.05, 0) is 58.7 Å². The fraction of sp³-hybridized carbons (Fsp3) is 0.417. The average molecular weight is 366 g/mol. The highest BCUT2D eigenvalue weighted by Gasteiger charge is 2.17. The lowest BCUT2D eigenvalue weighted by Crippen LogP contribution is -2.08. The van der Waals surface area contributed by atoms with E-state index in [0.29, 0.717) is 32.6 Å². The molecule has 1 aromatic carbocycles. The molecule has 0 aromatic heterocycles. The predicted molar refractivity (Wildman–Crippen MR) is 74.2 cm³/mol. The van der Waals surface area contributed by atoms with Gasteiger partial charge in [0.1, 0.15) is 0 Å². The summed E-state index contributed by atoms with van der Waals surface area (Å²) in [4.78, 5) is 10.9. The van der Waals surface area contributed by atoms with Gasteiger partial charge < -0.3 is 9.47 Å². The summed E-state index contributed by atoms with van der Waals surface area (Å²) in [5, 5.41) is 0. The smallest absolute Gasteiger partial charge is 0.176 e. The lowest BCUT2D eigenvalue weighted by molar-refractivity contribution is 0.112. The van der Waals surface area contributed by atoms with E-state index in [1.165, 1.54) is 0 Å². The third kappa shape index (κ3) is 3.45. The molecule has 0 bridgehead atoms. The first-order valence-corrected chi connectivity index (χ1v) is 6.86. The molecule has 0 unspecified atom stereocenters. The molecule has 1 rings (SSSR count). The van der Waals surface area contributed by atoms with Crippen molar-refractivity contribution in [3.05, 3.63) is 20.6 Å². The van der Waals surface area contributed by atoms with Gasteiger partial charge in [-0.2, -0.15) is 0 Å². The Morgan fingerprint density at radius 1 is 1.35 bits per heavy atom. The second-order valence-corrected chi connectivity index (χ2v) is 5.22. The third-order valence-corrected chi connectivity index (χ3v) is 4.08. The Labute approximate surface area is 118 Å². The fourth-order valence-corrected chi connectivity index (χ4v) is 2.20. The zero-order valence-electron chi connectivity index (χ0n) is 9.92. The Hall–Kier alpha value is -0.550. The summed E-state index contributed by atoms with van der Waals surface area (Å²) < 4.78 is 12.5. The van der Waals surface area contributed by atoms with Crippen LogP contribution >= 0.6 is 31.9 Å². The van der Waals surface area contributed by atoms with Crippen molar-refractivity contribution in [2.24, 2.45) is 0 Å². The summed E-state index contributed by atoms with van der Waals surface area (Å²) in [6, 6.07) is 1.67. The van der Waals surface area contributed by atoms with E-state index in [2.05, 4.69) is 31.9 Å². The van der Waals surface area contributed by atoms with E-state index in [4.69, 9.17) is 9.47 Å². The Morgan fingerprint density at radius 2 is 2.00 bits per heavy atom. The Morgan fingerprint density at radius 3 is 2.47 bits per heavy atom. The van der Waals surface area contributed by atoms with Crippen molar-refractivity contribution in [2.45, 2.75) is 26.9 Å². The summed E-state index contributed by atoms with van der Waals surface area (Å²) in [7, 11) is 0. The molecule has 0 atom stereocenters. The van der Waals surface area contributed by atoms with Gasteiger partial charge in [0, 0.05) is 10.0 Å². The number of aldehydes is 1. The van der Waals surface area contributed by atoms with Gasteiger partial charge in [-0.1, -0.05) is 0 Å². The molecule has 1 aromatic rings. The average Bonchev–Trinajstić information content (AvgIpc) is 2.28. The molecular weight excluding hydrogens is 352 g/mol. The Balaban J connectivity index is 3.32. The van der Waals surface area contributed by atoms with Crippen molar-refractivity contribution in [1.29, 1.82) is 0 Å². The van der Waals surface area contributed by atoms with E-state index in [-0.39, 0.29) is 6.10 Å². The number of rotatable bonds is 5. The van der Waals surface area contributed by atoms with Gasteiger partial charge in [0.25, 0.3) is 0 Å². The quantitative estimate of drug-likeness (QED) is 0.733. The highest BCUT2D eigenvalue weighted by molar-refractivity contribution is 9.13. The van der Waals surface area contributed by atoms with Crippen molar-refractivity contribution >= 4 is 38.1 Å². The van der Waals surface area contributed by atoms with Crippen LogP contribution in [0.4, 0.5) is 0 Å². The molecule has 0 aliphatic heterocycles. The highest BCUT2D eigenvalue weighted by atomic mass is 79.9. The number of hydrogen-bond acceptors (Lipinski definition) is 3. The molecule has 0 amide bonds. The molecule has 0 fully saturated rings. The normalized spacial score (nSPS) is 10.5. The number of benzene rings is 1. The summed E-state index contributed by atoms with van der Waals surface area (Å²) in [5.74, 6) is 1.18. The molecule has 94 valence electrons. The Bertz CT molecular complexity index is 417. The molecule has 5 heteroatoms. The summed E-state index contributed by atoms with van der Waals surface area (Å²) >= 11 is 6.76. The van der Waals surface area contributed by atoms with Crippen LogP contribution in [0.3, 0.4) is 0 Å². The van der Waals surface area contributed by atoms with Crippen LogP contribution in [0, 0.1) is 0 Å². The van der Waals surface area contributed by atoms with Crippen LogP contribution in [0.15, 0.2) is 15.0 Å². The zero-order chi connectivity index (χ0) is 13.0. The maximum absolute atomic E-state index is 10.9. The SMILES string of the molecule is CCOc1cc(C=O)c(Br)c(Br)c1OC(C)C. The van der Waals surface area contributed by atoms with Crippen LogP contribution in [0.1, 0.15) is 31.1 Å². The van der Waals surface area contributed by atoms with E-state index in [9.17, 15) is 4.79 Å². The number of halogens is 2. The largest absolute Gasteiger partial charge is 0.490 e. The van der Waals surface area contributed by atoms with Gasteiger partial charge in [-0.15, -0.1) is 0 Å². The number of ether oxygens (including phenoxy) is 2. The first-order chi connectivity index (χ1) is 8.01. The maximum Gasteiger partial charge on any atom is 0.176 e. The first-order valence-electron chi connectivity index (χ1n) is 5.27. The summed E-state index contributed by atoms with van der Waals surface area (Å²) in [6.07, 6.45) is 0.802. The predicted octanol–water partition coefficient (Wildman–Crippen LogP) is 4.21. The van der Waals surface area contributed by atoms with Crippen molar-refractivity contribution in [1.82, 2.24) is 0 Å². The number of carbonyl (C=O) groups excluding carboxylic acids is 1. The number of carbonyl (C=O) groups is 1. The standard InChI is InChI=1S/C12H14Br2O3/c1-4-16-9-5-8(6-15)10(13)11(14)12(9)17-7(2)3/h5-7H,4H2,1-3H3. The van der Waals surface area contributed by atoms with Crippen molar-refractivity contribution in [2.75, 3.05) is 6.61 Å². The molecule has 0 saturated carbocycles. The molecule has 0 aliphatic carbocycles. The molecule has 3 nitrogen and oxygen atoms in total. The topological polar surface area (TPSA) is 35.5 Å². The second kappa shape index (κ2) is 6.40. The minimum Gasteiger partial charge on any atom is -0.490 e. The lowest BCUT2D eigenvalue weighted by atomic mass is 10.2. The molecule has 0 N–H and O–H groups in total. The second-order valence-electron chi connectivity index (χ2n) is 3.64. The van der Waals surface area contributed by atoms with Crippen LogP contribution in [0.25, 0.3) is 0 Å². The van der Waals surface area contributed by atoms with Crippen molar-refractivity contribution < 1.29 is 14.3 Å². The monoisotopic (exact) mass is 364 g/mol. The zero-order valence-corrected chi connectivity index (χ0v) is 13.1. The third-order valence-electron chi connectivity index (χ3n) is 1.94.